The molecular weight excluding hydrogens is 208 g/mol. The number of ether oxygens (including phenoxy) is 2. The van der Waals surface area contributed by atoms with Gasteiger partial charge in [-0.3, -0.25) is 9.59 Å². The fourth-order valence-electron chi connectivity index (χ4n) is 2.99. The fraction of sp³-hybridized carbons (Fsp3) is 0.667. The Morgan fingerprint density at radius 2 is 1.75 bits per heavy atom. The molecule has 2 aliphatic rings. The van der Waals surface area contributed by atoms with Gasteiger partial charge in [-0.05, 0) is 24.7 Å². The van der Waals surface area contributed by atoms with Crippen LogP contribution in [0, 0.1) is 23.7 Å². The van der Waals surface area contributed by atoms with Crippen LogP contribution in [0.25, 0.3) is 0 Å². The summed E-state index contributed by atoms with van der Waals surface area (Å²) in [6.45, 7) is 0. The summed E-state index contributed by atoms with van der Waals surface area (Å²) in [5.74, 6) is -0.391. The van der Waals surface area contributed by atoms with Crippen LogP contribution in [0.15, 0.2) is 12.2 Å². The number of hydrogen-bond donors (Lipinski definition) is 0. The Morgan fingerprint density at radius 1 is 1.12 bits per heavy atom. The molecule has 4 atom stereocenters. The van der Waals surface area contributed by atoms with Crippen molar-refractivity contribution in [2.45, 2.75) is 12.8 Å². The maximum absolute atomic E-state index is 11.6. The summed E-state index contributed by atoms with van der Waals surface area (Å²) in [4.78, 5) is 23.2. The molecule has 2 aliphatic carbocycles. The maximum atomic E-state index is 11.6. The molecule has 16 heavy (non-hydrogen) atoms. The lowest BCUT2D eigenvalue weighted by Crippen LogP contribution is -2.21. The van der Waals surface area contributed by atoms with Crippen LogP contribution in [0.4, 0.5) is 0 Å². The summed E-state index contributed by atoms with van der Waals surface area (Å²) in [5, 5.41) is 0. The van der Waals surface area contributed by atoms with Crippen molar-refractivity contribution < 1.29 is 19.1 Å². The van der Waals surface area contributed by atoms with Gasteiger partial charge in [0.15, 0.2) is 0 Å². The SMILES string of the molecule is COC(=O)C1CC(C(=O)OC)[C@@H]2CC=C[C@H]12. The summed E-state index contributed by atoms with van der Waals surface area (Å²) >= 11 is 0. The van der Waals surface area contributed by atoms with Crippen molar-refractivity contribution in [3.05, 3.63) is 12.2 Å². The lowest BCUT2D eigenvalue weighted by molar-refractivity contribution is -0.147. The predicted molar refractivity (Wildman–Crippen MR) is 56.4 cm³/mol. The Balaban J connectivity index is 2.17. The van der Waals surface area contributed by atoms with E-state index in [4.69, 9.17) is 9.47 Å². The van der Waals surface area contributed by atoms with Gasteiger partial charge in [0.05, 0.1) is 26.1 Å². The first kappa shape index (κ1) is 11.2. The van der Waals surface area contributed by atoms with Crippen molar-refractivity contribution in [2.75, 3.05) is 14.2 Å². The Bertz CT molecular complexity index is 334. The van der Waals surface area contributed by atoms with Gasteiger partial charge in [-0.25, -0.2) is 0 Å². The number of fused-ring (bicyclic) bond motifs is 1. The molecular formula is C12H16O4. The lowest BCUT2D eigenvalue weighted by Gasteiger charge is -2.16. The molecule has 0 heterocycles. The number of esters is 2. The molecule has 0 aliphatic heterocycles. The summed E-state index contributed by atoms with van der Waals surface area (Å²) < 4.78 is 9.56. The average molecular weight is 224 g/mol. The van der Waals surface area contributed by atoms with Gasteiger partial charge in [0.25, 0.3) is 0 Å². The van der Waals surface area contributed by atoms with Gasteiger partial charge < -0.3 is 9.47 Å². The molecule has 0 saturated heterocycles. The topological polar surface area (TPSA) is 52.6 Å². The normalized spacial score (nSPS) is 35.9. The number of carbonyl (C=O) groups is 2. The standard InChI is InChI=1S/C12H16O4/c1-15-11(13)9-6-10(12(14)16-2)8-5-3-4-7(8)9/h3-4,7-10H,5-6H2,1-2H3/t7-,8+,9?,10?/m0/s1. The number of methoxy groups -OCH3 is 2. The van der Waals surface area contributed by atoms with Crippen LogP contribution in [0.3, 0.4) is 0 Å². The molecule has 0 aromatic heterocycles. The van der Waals surface area contributed by atoms with Gasteiger partial charge in [-0.1, -0.05) is 12.2 Å². The van der Waals surface area contributed by atoms with E-state index in [1.54, 1.807) is 0 Å². The van der Waals surface area contributed by atoms with E-state index >= 15 is 0 Å². The molecule has 4 nitrogen and oxygen atoms in total. The first-order valence-corrected chi connectivity index (χ1v) is 5.51. The van der Waals surface area contributed by atoms with E-state index in [0.717, 1.165) is 6.42 Å². The van der Waals surface area contributed by atoms with Crippen molar-refractivity contribution in [1.82, 2.24) is 0 Å². The minimum absolute atomic E-state index is 0.150. The largest absolute Gasteiger partial charge is 0.469 e. The molecule has 2 rings (SSSR count). The minimum Gasteiger partial charge on any atom is -0.469 e. The van der Waals surface area contributed by atoms with Gasteiger partial charge in [0, 0.05) is 0 Å². The number of rotatable bonds is 2. The molecule has 0 amide bonds. The highest BCUT2D eigenvalue weighted by Crippen LogP contribution is 2.48. The summed E-state index contributed by atoms with van der Waals surface area (Å²) in [6, 6.07) is 0. The molecule has 0 aromatic carbocycles. The Morgan fingerprint density at radius 3 is 2.38 bits per heavy atom. The zero-order chi connectivity index (χ0) is 11.7. The average Bonchev–Trinajstić information content (AvgIpc) is 2.87. The number of hydrogen-bond acceptors (Lipinski definition) is 4. The van der Waals surface area contributed by atoms with Crippen molar-refractivity contribution in [3.63, 3.8) is 0 Å². The molecule has 2 unspecified atom stereocenters. The van der Waals surface area contributed by atoms with E-state index in [1.165, 1.54) is 14.2 Å². The zero-order valence-electron chi connectivity index (χ0n) is 9.51. The molecule has 0 spiro atoms. The molecule has 1 fully saturated rings. The van der Waals surface area contributed by atoms with Crippen LogP contribution in [0.1, 0.15) is 12.8 Å². The van der Waals surface area contributed by atoms with Crippen LogP contribution >= 0.6 is 0 Å². The highest BCUT2D eigenvalue weighted by molar-refractivity contribution is 5.78. The van der Waals surface area contributed by atoms with E-state index in [0.29, 0.717) is 6.42 Å². The third-order valence-electron chi connectivity index (χ3n) is 3.76. The Labute approximate surface area is 94.6 Å². The van der Waals surface area contributed by atoms with Gasteiger partial charge in [-0.15, -0.1) is 0 Å². The molecule has 0 N–H and O–H groups in total. The second kappa shape index (κ2) is 4.28. The molecule has 0 radical (unpaired) electrons. The monoisotopic (exact) mass is 224 g/mol. The van der Waals surface area contributed by atoms with Crippen molar-refractivity contribution >= 4 is 11.9 Å². The van der Waals surface area contributed by atoms with Crippen LogP contribution in [-0.2, 0) is 19.1 Å². The van der Waals surface area contributed by atoms with Crippen LogP contribution in [-0.4, -0.2) is 26.2 Å². The van der Waals surface area contributed by atoms with Crippen LogP contribution < -0.4 is 0 Å². The van der Waals surface area contributed by atoms with Crippen LogP contribution in [0.5, 0.6) is 0 Å². The minimum atomic E-state index is -0.215. The highest BCUT2D eigenvalue weighted by atomic mass is 16.5. The van der Waals surface area contributed by atoms with Gasteiger partial charge in [0.1, 0.15) is 0 Å². The quantitative estimate of drug-likeness (QED) is 0.521. The molecule has 0 bridgehead atoms. The van der Waals surface area contributed by atoms with E-state index in [1.807, 2.05) is 12.2 Å². The molecule has 4 heteroatoms. The summed E-state index contributed by atoms with van der Waals surface area (Å²) in [6.07, 6.45) is 5.49. The maximum Gasteiger partial charge on any atom is 0.309 e. The summed E-state index contributed by atoms with van der Waals surface area (Å²) in [5.41, 5.74) is 0. The number of allylic oxidation sites excluding steroid dienone is 2. The van der Waals surface area contributed by atoms with Gasteiger partial charge >= 0.3 is 11.9 Å². The van der Waals surface area contributed by atoms with E-state index in [2.05, 4.69) is 0 Å². The van der Waals surface area contributed by atoms with E-state index in [9.17, 15) is 9.59 Å². The number of carbonyl (C=O) groups excluding carboxylic acids is 2. The molecule has 1 saturated carbocycles. The van der Waals surface area contributed by atoms with Crippen molar-refractivity contribution in [1.29, 1.82) is 0 Å². The third-order valence-corrected chi connectivity index (χ3v) is 3.76. The van der Waals surface area contributed by atoms with Gasteiger partial charge in [-0.2, -0.15) is 0 Å². The Hall–Kier alpha value is -1.32. The van der Waals surface area contributed by atoms with E-state index in [-0.39, 0.29) is 35.6 Å². The highest BCUT2D eigenvalue weighted by Gasteiger charge is 2.50. The molecule has 0 aromatic rings. The van der Waals surface area contributed by atoms with E-state index < -0.39 is 0 Å². The van der Waals surface area contributed by atoms with Gasteiger partial charge in [0.2, 0.25) is 0 Å². The first-order valence-electron chi connectivity index (χ1n) is 5.51. The lowest BCUT2D eigenvalue weighted by atomic mass is 9.90. The fourth-order valence-corrected chi connectivity index (χ4v) is 2.99. The van der Waals surface area contributed by atoms with Crippen molar-refractivity contribution in [2.24, 2.45) is 23.7 Å². The smallest absolute Gasteiger partial charge is 0.309 e. The van der Waals surface area contributed by atoms with Crippen molar-refractivity contribution in [3.8, 4) is 0 Å². The summed E-state index contributed by atoms with van der Waals surface area (Å²) in [7, 11) is 2.78. The third kappa shape index (κ3) is 1.62. The first-order chi connectivity index (χ1) is 7.69. The predicted octanol–water partition coefficient (Wildman–Crippen LogP) is 1.16. The second-order valence-corrected chi connectivity index (χ2v) is 4.40. The zero-order valence-corrected chi connectivity index (χ0v) is 9.51. The Kier molecular flexibility index (Phi) is 2.99. The molecule has 88 valence electrons. The van der Waals surface area contributed by atoms with Crippen LogP contribution in [0.2, 0.25) is 0 Å². The second-order valence-electron chi connectivity index (χ2n) is 4.40.